The Morgan fingerprint density at radius 3 is 2.88 bits per heavy atom. The third-order valence-corrected chi connectivity index (χ3v) is 4.21. The van der Waals surface area contributed by atoms with Crippen LogP contribution < -0.4 is 5.32 Å². The van der Waals surface area contributed by atoms with Crippen LogP contribution in [-0.4, -0.2) is 37.4 Å². The third-order valence-electron chi connectivity index (χ3n) is 3.14. The number of rotatable bonds is 6. The predicted octanol–water partition coefficient (Wildman–Crippen LogP) is 2.60. The minimum Gasteiger partial charge on any atom is -0.349 e. The lowest BCUT2D eigenvalue weighted by Gasteiger charge is -1.99. The van der Waals surface area contributed by atoms with Crippen molar-refractivity contribution in [1.82, 2.24) is 30.2 Å². The SMILES string of the molecule is CCCNC(=O)c1ncn(Cc2ccc(-c3noc(C(F)(F)F)n3)s2)n1. The van der Waals surface area contributed by atoms with Crippen LogP contribution in [0.1, 0.15) is 34.7 Å². The van der Waals surface area contributed by atoms with Crippen LogP contribution in [0.2, 0.25) is 0 Å². The van der Waals surface area contributed by atoms with Gasteiger partial charge in [-0.1, -0.05) is 12.1 Å². The monoisotopic (exact) mass is 386 g/mol. The van der Waals surface area contributed by atoms with Crippen molar-refractivity contribution in [2.24, 2.45) is 0 Å². The van der Waals surface area contributed by atoms with E-state index in [0.29, 0.717) is 18.0 Å². The van der Waals surface area contributed by atoms with E-state index in [4.69, 9.17) is 0 Å². The maximum Gasteiger partial charge on any atom is 0.471 e. The molecule has 1 amide bonds. The summed E-state index contributed by atoms with van der Waals surface area (Å²) >= 11 is 1.19. The van der Waals surface area contributed by atoms with Crippen LogP contribution in [0.3, 0.4) is 0 Å². The maximum absolute atomic E-state index is 12.5. The highest BCUT2D eigenvalue weighted by Crippen LogP contribution is 2.31. The largest absolute Gasteiger partial charge is 0.471 e. The minimum atomic E-state index is -4.68. The molecule has 0 bridgehead atoms. The Kier molecular flexibility index (Phi) is 5.02. The summed E-state index contributed by atoms with van der Waals surface area (Å²) in [5, 5.41) is 10.1. The first kappa shape index (κ1) is 18.0. The highest BCUT2D eigenvalue weighted by atomic mass is 32.1. The van der Waals surface area contributed by atoms with Gasteiger partial charge in [0.05, 0.1) is 11.4 Å². The first-order valence-corrected chi connectivity index (χ1v) is 8.36. The smallest absolute Gasteiger partial charge is 0.349 e. The fourth-order valence-electron chi connectivity index (χ4n) is 1.97. The molecule has 0 aliphatic rings. The fraction of sp³-hybridized carbons (Fsp3) is 0.357. The van der Waals surface area contributed by atoms with Crippen molar-refractivity contribution in [3.05, 3.63) is 35.1 Å². The summed E-state index contributed by atoms with van der Waals surface area (Å²) in [4.78, 5) is 20.3. The Morgan fingerprint density at radius 1 is 1.38 bits per heavy atom. The van der Waals surface area contributed by atoms with Gasteiger partial charge in [-0.3, -0.25) is 4.79 Å². The number of thiophene rings is 1. The molecule has 8 nitrogen and oxygen atoms in total. The van der Waals surface area contributed by atoms with E-state index in [0.717, 1.165) is 11.3 Å². The topological polar surface area (TPSA) is 98.7 Å². The lowest BCUT2D eigenvalue weighted by molar-refractivity contribution is -0.159. The van der Waals surface area contributed by atoms with E-state index in [1.54, 1.807) is 12.1 Å². The van der Waals surface area contributed by atoms with Crippen molar-refractivity contribution in [3.8, 4) is 10.7 Å². The number of aromatic nitrogens is 5. The van der Waals surface area contributed by atoms with Crippen LogP contribution in [0.15, 0.2) is 23.0 Å². The van der Waals surface area contributed by atoms with Crippen molar-refractivity contribution in [2.45, 2.75) is 26.1 Å². The minimum absolute atomic E-state index is 0.0585. The van der Waals surface area contributed by atoms with E-state index < -0.39 is 12.1 Å². The van der Waals surface area contributed by atoms with E-state index in [-0.39, 0.29) is 17.6 Å². The van der Waals surface area contributed by atoms with Crippen LogP contribution in [0.5, 0.6) is 0 Å². The molecule has 0 saturated heterocycles. The van der Waals surface area contributed by atoms with Gasteiger partial charge in [0, 0.05) is 11.4 Å². The average molecular weight is 386 g/mol. The predicted molar refractivity (Wildman–Crippen MR) is 84.4 cm³/mol. The third kappa shape index (κ3) is 4.07. The lowest BCUT2D eigenvalue weighted by atomic mass is 10.4. The quantitative estimate of drug-likeness (QED) is 0.699. The van der Waals surface area contributed by atoms with Crippen molar-refractivity contribution < 1.29 is 22.5 Å². The Labute approximate surface area is 149 Å². The van der Waals surface area contributed by atoms with Crippen molar-refractivity contribution in [1.29, 1.82) is 0 Å². The molecule has 0 unspecified atom stereocenters. The van der Waals surface area contributed by atoms with Gasteiger partial charge in [-0.05, 0) is 18.6 Å². The zero-order valence-electron chi connectivity index (χ0n) is 13.4. The molecular weight excluding hydrogens is 373 g/mol. The molecule has 12 heteroatoms. The van der Waals surface area contributed by atoms with Crippen molar-refractivity contribution in [3.63, 3.8) is 0 Å². The second kappa shape index (κ2) is 7.23. The van der Waals surface area contributed by atoms with E-state index in [2.05, 4.69) is 30.1 Å². The van der Waals surface area contributed by atoms with Gasteiger partial charge in [0.25, 0.3) is 5.91 Å². The summed E-state index contributed by atoms with van der Waals surface area (Å²) in [6.45, 7) is 2.77. The highest BCUT2D eigenvalue weighted by molar-refractivity contribution is 7.15. The zero-order valence-corrected chi connectivity index (χ0v) is 14.3. The van der Waals surface area contributed by atoms with E-state index in [1.807, 2.05) is 6.92 Å². The van der Waals surface area contributed by atoms with Gasteiger partial charge in [0.15, 0.2) is 0 Å². The maximum atomic E-state index is 12.5. The Hall–Kier alpha value is -2.76. The number of nitrogens with one attached hydrogen (secondary N) is 1. The Balaban J connectivity index is 1.68. The second-order valence-electron chi connectivity index (χ2n) is 5.21. The standard InChI is InChI=1S/C14H13F3N6O2S/c1-2-5-18-12(24)11-19-7-23(21-11)6-8-3-4-9(26-8)10-20-13(25-22-10)14(15,16)17/h3-4,7H,2,5-6H2,1H3,(H,18,24). The summed E-state index contributed by atoms with van der Waals surface area (Å²) in [5.41, 5.74) is 0. The molecule has 3 heterocycles. The Morgan fingerprint density at radius 2 is 2.19 bits per heavy atom. The average Bonchev–Trinajstić information content (AvgIpc) is 3.31. The van der Waals surface area contributed by atoms with Crippen LogP contribution in [0, 0.1) is 0 Å². The molecule has 26 heavy (non-hydrogen) atoms. The van der Waals surface area contributed by atoms with Gasteiger partial charge in [0.2, 0.25) is 11.6 Å². The molecule has 0 aromatic carbocycles. The summed E-state index contributed by atoms with van der Waals surface area (Å²) in [7, 11) is 0. The first-order valence-electron chi connectivity index (χ1n) is 7.54. The molecule has 0 radical (unpaired) electrons. The van der Waals surface area contributed by atoms with E-state index >= 15 is 0 Å². The molecule has 3 rings (SSSR count). The molecule has 0 spiro atoms. The van der Waals surface area contributed by atoms with Gasteiger partial charge in [-0.15, -0.1) is 16.4 Å². The number of hydrogen-bond donors (Lipinski definition) is 1. The number of alkyl halides is 3. The van der Waals surface area contributed by atoms with Gasteiger partial charge in [-0.25, -0.2) is 9.67 Å². The summed E-state index contributed by atoms with van der Waals surface area (Å²) in [6.07, 6.45) is -2.46. The van der Waals surface area contributed by atoms with Gasteiger partial charge in [-0.2, -0.15) is 18.2 Å². The summed E-state index contributed by atoms with van der Waals surface area (Å²) < 4.78 is 43.2. The molecule has 1 N–H and O–H groups in total. The zero-order chi connectivity index (χ0) is 18.7. The number of nitrogens with zero attached hydrogens (tertiary/aromatic N) is 5. The van der Waals surface area contributed by atoms with E-state index in [1.165, 1.54) is 22.3 Å². The number of hydrogen-bond acceptors (Lipinski definition) is 7. The summed E-state index contributed by atoms with van der Waals surface area (Å²) in [5.74, 6) is -1.82. The molecule has 3 aromatic rings. The van der Waals surface area contributed by atoms with Crippen LogP contribution >= 0.6 is 11.3 Å². The van der Waals surface area contributed by atoms with Gasteiger partial charge in [0.1, 0.15) is 6.33 Å². The number of amides is 1. The van der Waals surface area contributed by atoms with Crippen molar-refractivity contribution in [2.75, 3.05) is 6.54 Å². The fourth-order valence-corrected chi connectivity index (χ4v) is 2.90. The molecule has 0 aliphatic heterocycles. The van der Waals surface area contributed by atoms with Gasteiger partial charge < -0.3 is 9.84 Å². The van der Waals surface area contributed by atoms with Crippen LogP contribution in [0.4, 0.5) is 13.2 Å². The first-order chi connectivity index (χ1) is 12.4. The van der Waals surface area contributed by atoms with E-state index in [9.17, 15) is 18.0 Å². The number of carbonyl (C=O) groups excluding carboxylic acids is 1. The second-order valence-corrected chi connectivity index (χ2v) is 6.38. The molecule has 0 fully saturated rings. The van der Waals surface area contributed by atoms with Crippen LogP contribution in [0.25, 0.3) is 10.7 Å². The Bertz CT molecular complexity index is 901. The number of halogens is 3. The lowest BCUT2D eigenvalue weighted by Crippen LogP contribution is -2.25. The summed E-state index contributed by atoms with van der Waals surface area (Å²) in [6, 6.07) is 3.30. The normalized spacial score (nSPS) is 11.7. The van der Waals surface area contributed by atoms with Gasteiger partial charge >= 0.3 is 12.1 Å². The molecule has 0 saturated carbocycles. The van der Waals surface area contributed by atoms with Crippen LogP contribution in [-0.2, 0) is 12.7 Å². The molecular formula is C14H13F3N6O2S. The number of carbonyl (C=O) groups is 1. The molecule has 3 aromatic heterocycles. The highest BCUT2D eigenvalue weighted by Gasteiger charge is 2.38. The molecule has 0 atom stereocenters. The van der Waals surface area contributed by atoms with Crippen molar-refractivity contribution >= 4 is 17.2 Å². The molecule has 0 aliphatic carbocycles. The molecule has 138 valence electrons.